The van der Waals surface area contributed by atoms with E-state index < -0.39 is 6.03 Å². The fourth-order valence-corrected chi connectivity index (χ4v) is 1.40. The number of primary amides is 1. The number of hydrogen-bond acceptors (Lipinski definition) is 3. The Morgan fingerprint density at radius 2 is 2.12 bits per heavy atom. The van der Waals surface area contributed by atoms with Crippen molar-refractivity contribution in [3.63, 3.8) is 0 Å². The van der Waals surface area contributed by atoms with Crippen LogP contribution in [0.3, 0.4) is 0 Å². The van der Waals surface area contributed by atoms with E-state index in [9.17, 15) is 9.59 Å². The van der Waals surface area contributed by atoms with Gasteiger partial charge in [-0.15, -0.1) is 0 Å². The third-order valence-corrected chi connectivity index (χ3v) is 2.10. The van der Waals surface area contributed by atoms with Crippen molar-refractivity contribution in [1.29, 1.82) is 0 Å². The monoisotopic (exact) mass is 230 g/mol. The van der Waals surface area contributed by atoms with Crippen LogP contribution in [-0.2, 0) is 0 Å². The summed E-state index contributed by atoms with van der Waals surface area (Å²) in [6.07, 6.45) is 0. The zero-order valence-corrected chi connectivity index (χ0v) is 8.81. The fourth-order valence-electron chi connectivity index (χ4n) is 1.40. The van der Waals surface area contributed by atoms with Crippen LogP contribution >= 0.6 is 0 Å². The van der Waals surface area contributed by atoms with Crippen LogP contribution < -0.4 is 16.6 Å². The highest BCUT2D eigenvalue weighted by atomic mass is 16.2. The maximum atomic E-state index is 10.9. The number of aromatic nitrogens is 2. The maximum Gasteiger partial charge on any atom is 0.316 e. The SMILES string of the molecule is NC(=O)Nc1cccc(-c2ccc(=O)[nH]n2)c1. The minimum absolute atomic E-state index is 0.264. The van der Waals surface area contributed by atoms with E-state index in [0.29, 0.717) is 11.4 Å². The summed E-state index contributed by atoms with van der Waals surface area (Å²) in [6, 6.07) is 9.35. The number of hydrogen-bond donors (Lipinski definition) is 3. The van der Waals surface area contributed by atoms with Crippen LogP contribution in [0.15, 0.2) is 41.2 Å². The Morgan fingerprint density at radius 1 is 1.29 bits per heavy atom. The first-order chi connectivity index (χ1) is 8.15. The highest BCUT2D eigenvalue weighted by Gasteiger charge is 2.01. The molecule has 2 aromatic rings. The predicted molar refractivity (Wildman–Crippen MR) is 63.5 cm³/mol. The van der Waals surface area contributed by atoms with Gasteiger partial charge in [0.1, 0.15) is 0 Å². The molecule has 86 valence electrons. The molecule has 4 N–H and O–H groups in total. The zero-order valence-electron chi connectivity index (χ0n) is 8.81. The fraction of sp³-hybridized carbons (Fsp3) is 0. The van der Waals surface area contributed by atoms with Gasteiger partial charge in [0.25, 0.3) is 5.56 Å². The van der Waals surface area contributed by atoms with Gasteiger partial charge in [-0.2, -0.15) is 5.10 Å². The Kier molecular flexibility index (Phi) is 2.87. The van der Waals surface area contributed by atoms with E-state index in [1.807, 2.05) is 6.07 Å². The molecule has 6 heteroatoms. The van der Waals surface area contributed by atoms with E-state index in [-0.39, 0.29) is 5.56 Å². The normalized spacial score (nSPS) is 9.88. The second kappa shape index (κ2) is 4.48. The predicted octanol–water partition coefficient (Wildman–Crippen LogP) is 0.928. The summed E-state index contributed by atoms with van der Waals surface area (Å²) < 4.78 is 0. The summed E-state index contributed by atoms with van der Waals surface area (Å²) in [6.45, 7) is 0. The molecule has 0 aliphatic carbocycles. The van der Waals surface area contributed by atoms with Gasteiger partial charge in [-0.1, -0.05) is 12.1 Å². The average Bonchev–Trinajstić information content (AvgIpc) is 2.29. The molecular weight excluding hydrogens is 220 g/mol. The topological polar surface area (TPSA) is 101 Å². The molecule has 17 heavy (non-hydrogen) atoms. The largest absolute Gasteiger partial charge is 0.351 e. The number of nitrogens with zero attached hydrogens (tertiary/aromatic N) is 1. The lowest BCUT2D eigenvalue weighted by Crippen LogP contribution is -2.19. The summed E-state index contributed by atoms with van der Waals surface area (Å²) in [5.74, 6) is 0. The summed E-state index contributed by atoms with van der Waals surface area (Å²) in [5.41, 5.74) is 6.71. The van der Waals surface area contributed by atoms with E-state index in [1.165, 1.54) is 6.07 Å². The van der Waals surface area contributed by atoms with Gasteiger partial charge in [-0.25, -0.2) is 9.89 Å². The number of carbonyl (C=O) groups is 1. The molecule has 1 aromatic carbocycles. The van der Waals surface area contributed by atoms with E-state index in [0.717, 1.165) is 5.56 Å². The number of H-pyrrole nitrogens is 1. The Bertz CT molecular complexity index is 586. The molecule has 0 spiro atoms. The molecule has 1 heterocycles. The Labute approximate surface area is 96.5 Å². The van der Waals surface area contributed by atoms with Crippen molar-refractivity contribution in [1.82, 2.24) is 10.2 Å². The number of amides is 2. The summed E-state index contributed by atoms with van der Waals surface area (Å²) in [7, 11) is 0. The molecule has 0 aliphatic heterocycles. The molecule has 6 nitrogen and oxygen atoms in total. The van der Waals surface area contributed by atoms with Crippen molar-refractivity contribution in [3.05, 3.63) is 46.8 Å². The maximum absolute atomic E-state index is 10.9. The summed E-state index contributed by atoms with van der Waals surface area (Å²) in [5, 5.41) is 8.69. The first-order valence-electron chi connectivity index (χ1n) is 4.88. The Morgan fingerprint density at radius 3 is 2.76 bits per heavy atom. The van der Waals surface area contributed by atoms with Crippen LogP contribution in [0.4, 0.5) is 10.5 Å². The van der Waals surface area contributed by atoms with Gasteiger partial charge in [-0.3, -0.25) is 4.79 Å². The van der Waals surface area contributed by atoms with Crippen molar-refractivity contribution in [3.8, 4) is 11.3 Å². The van der Waals surface area contributed by atoms with Crippen molar-refractivity contribution in [2.45, 2.75) is 0 Å². The van der Waals surface area contributed by atoms with Gasteiger partial charge in [0.05, 0.1) is 5.69 Å². The van der Waals surface area contributed by atoms with Crippen LogP contribution in [0.5, 0.6) is 0 Å². The molecule has 2 rings (SSSR count). The van der Waals surface area contributed by atoms with Crippen molar-refractivity contribution >= 4 is 11.7 Å². The second-order valence-electron chi connectivity index (χ2n) is 3.38. The molecule has 0 radical (unpaired) electrons. The highest BCUT2D eigenvalue weighted by molar-refractivity contribution is 5.88. The number of nitrogens with two attached hydrogens (primary N) is 1. The highest BCUT2D eigenvalue weighted by Crippen LogP contribution is 2.19. The molecule has 0 atom stereocenters. The smallest absolute Gasteiger partial charge is 0.316 e. The zero-order chi connectivity index (χ0) is 12.3. The number of carbonyl (C=O) groups excluding carboxylic acids is 1. The van der Waals surface area contributed by atoms with E-state index in [2.05, 4.69) is 15.5 Å². The number of aromatic amines is 1. The van der Waals surface area contributed by atoms with Crippen LogP contribution in [0.2, 0.25) is 0 Å². The first-order valence-corrected chi connectivity index (χ1v) is 4.88. The molecule has 0 fully saturated rings. The average molecular weight is 230 g/mol. The molecule has 2 amide bonds. The van der Waals surface area contributed by atoms with Crippen molar-refractivity contribution in [2.75, 3.05) is 5.32 Å². The molecule has 0 unspecified atom stereocenters. The lowest BCUT2D eigenvalue weighted by atomic mass is 10.1. The van der Waals surface area contributed by atoms with Crippen LogP contribution in [-0.4, -0.2) is 16.2 Å². The van der Waals surface area contributed by atoms with Crippen LogP contribution in [0.25, 0.3) is 11.3 Å². The summed E-state index contributed by atoms with van der Waals surface area (Å²) >= 11 is 0. The summed E-state index contributed by atoms with van der Waals surface area (Å²) in [4.78, 5) is 21.6. The van der Waals surface area contributed by atoms with Gasteiger partial charge in [-0.05, 0) is 18.2 Å². The van der Waals surface area contributed by atoms with E-state index in [1.54, 1.807) is 24.3 Å². The lowest BCUT2D eigenvalue weighted by molar-refractivity contribution is 0.259. The molecule has 0 saturated heterocycles. The molecule has 0 saturated carbocycles. The minimum atomic E-state index is -0.628. The minimum Gasteiger partial charge on any atom is -0.351 e. The number of urea groups is 1. The van der Waals surface area contributed by atoms with Crippen molar-refractivity contribution < 1.29 is 4.79 Å². The Balaban J connectivity index is 2.35. The van der Waals surface area contributed by atoms with Crippen LogP contribution in [0.1, 0.15) is 0 Å². The van der Waals surface area contributed by atoms with Gasteiger partial charge in [0.2, 0.25) is 0 Å². The first kappa shape index (κ1) is 10.9. The number of nitrogens with one attached hydrogen (secondary N) is 2. The third-order valence-electron chi connectivity index (χ3n) is 2.10. The molecule has 1 aromatic heterocycles. The number of rotatable bonds is 2. The van der Waals surface area contributed by atoms with E-state index in [4.69, 9.17) is 5.73 Å². The van der Waals surface area contributed by atoms with Gasteiger partial charge >= 0.3 is 6.03 Å². The molecular formula is C11H10N4O2. The molecule has 0 aliphatic rings. The van der Waals surface area contributed by atoms with Gasteiger partial charge in [0, 0.05) is 17.3 Å². The van der Waals surface area contributed by atoms with Gasteiger partial charge < -0.3 is 11.1 Å². The Hall–Kier alpha value is -2.63. The van der Waals surface area contributed by atoms with E-state index >= 15 is 0 Å². The number of benzene rings is 1. The third kappa shape index (κ3) is 2.69. The van der Waals surface area contributed by atoms with Gasteiger partial charge in [0.15, 0.2) is 0 Å². The molecule has 0 bridgehead atoms. The number of anilines is 1. The van der Waals surface area contributed by atoms with Crippen LogP contribution in [0, 0.1) is 0 Å². The lowest BCUT2D eigenvalue weighted by Gasteiger charge is -2.04. The van der Waals surface area contributed by atoms with Crippen molar-refractivity contribution in [2.24, 2.45) is 5.73 Å². The quantitative estimate of drug-likeness (QED) is 0.715. The second-order valence-corrected chi connectivity index (χ2v) is 3.38. The standard InChI is InChI=1S/C11H10N4O2/c12-11(17)13-8-3-1-2-7(6-8)9-4-5-10(16)15-14-9/h1-6H,(H,15,16)(H3,12,13,17).